The second-order valence-corrected chi connectivity index (χ2v) is 5.35. The Balaban J connectivity index is 1.99. The summed E-state index contributed by atoms with van der Waals surface area (Å²) in [5.74, 6) is 0.824. The quantitative estimate of drug-likeness (QED) is 0.927. The fourth-order valence-electron chi connectivity index (χ4n) is 2.71. The average molecular weight is 283 g/mol. The van der Waals surface area contributed by atoms with Crippen LogP contribution in [0.2, 0.25) is 0 Å². The van der Waals surface area contributed by atoms with E-state index in [9.17, 15) is 0 Å². The summed E-state index contributed by atoms with van der Waals surface area (Å²) < 4.78 is 6.08. The van der Waals surface area contributed by atoms with Crippen LogP contribution in [-0.2, 0) is 0 Å². The van der Waals surface area contributed by atoms with Gasteiger partial charge in [-0.3, -0.25) is 0 Å². The van der Waals surface area contributed by atoms with Crippen LogP contribution in [0.3, 0.4) is 0 Å². The number of allylic oxidation sites excluding steroid dienone is 1. The summed E-state index contributed by atoms with van der Waals surface area (Å²) in [5, 5.41) is 0. The van der Waals surface area contributed by atoms with Crippen molar-refractivity contribution in [1.82, 2.24) is 0 Å². The van der Waals surface area contributed by atoms with Crippen LogP contribution in [0.5, 0.6) is 5.75 Å². The normalized spacial score (nSPS) is 19.6. The third kappa shape index (κ3) is 2.42. The number of fused-ring (bicyclic) bond motifs is 2. The van der Waals surface area contributed by atoms with Crippen LogP contribution >= 0.6 is 0 Å². The van der Waals surface area contributed by atoms with Crippen LogP contribution in [0.15, 0.2) is 46.6 Å². The molecule has 1 heterocycles. The molecule has 0 saturated heterocycles. The SMILES string of the molecule is CCN(CC)c1ccc2c(c1)OC1C=C(N)C(C)=CC1=N2. The van der Waals surface area contributed by atoms with E-state index in [1.807, 2.05) is 25.1 Å². The maximum Gasteiger partial charge on any atom is 0.161 e. The number of rotatable bonds is 3. The van der Waals surface area contributed by atoms with E-state index in [2.05, 4.69) is 30.9 Å². The van der Waals surface area contributed by atoms with Crippen molar-refractivity contribution in [2.75, 3.05) is 18.0 Å². The third-order valence-corrected chi connectivity index (χ3v) is 4.02. The monoisotopic (exact) mass is 283 g/mol. The maximum atomic E-state index is 6.08. The Kier molecular flexibility index (Phi) is 3.45. The van der Waals surface area contributed by atoms with Crippen LogP contribution in [0.1, 0.15) is 20.8 Å². The highest BCUT2D eigenvalue weighted by molar-refractivity contribution is 6.05. The second kappa shape index (κ2) is 5.28. The zero-order valence-electron chi connectivity index (χ0n) is 12.8. The van der Waals surface area contributed by atoms with E-state index in [0.29, 0.717) is 0 Å². The van der Waals surface area contributed by atoms with Crippen LogP contribution in [0.25, 0.3) is 0 Å². The van der Waals surface area contributed by atoms with Crippen molar-refractivity contribution >= 4 is 17.1 Å². The molecule has 1 aromatic rings. The molecule has 0 aromatic heterocycles. The van der Waals surface area contributed by atoms with Crippen molar-refractivity contribution in [2.45, 2.75) is 26.9 Å². The molecule has 1 aliphatic carbocycles. The van der Waals surface area contributed by atoms with Crippen molar-refractivity contribution in [3.8, 4) is 5.75 Å². The van der Waals surface area contributed by atoms with Gasteiger partial charge in [0, 0.05) is 30.5 Å². The zero-order chi connectivity index (χ0) is 15.0. The Morgan fingerprint density at radius 2 is 2.05 bits per heavy atom. The molecule has 110 valence electrons. The molecule has 1 atom stereocenters. The molecule has 4 nitrogen and oxygen atoms in total. The number of benzene rings is 1. The van der Waals surface area contributed by atoms with Gasteiger partial charge in [-0.25, -0.2) is 4.99 Å². The molecule has 4 heteroatoms. The summed E-state index contributed by atoms with van der Waals surface area (Å²) in [6, 6.07) is 6.19. The fraction of sp³-hybridized carbons (Fsp3) is 0.353. The smallest absolute Gasteiger partial charge is 0.161 e. The number of nitrogens with zero attached hydrogens (tertiary/aromatic N) is 2. The van der Waals surface area contributed by atoms with Gasteiger partial charge in [0.2, 0.25) is 0 Å². The van der Waals surface area contributed by atoms with Gasteiger partial charge in [-0.05, 0) is 50.6 Å². The number of nitrogens with two attached hydrogens (primary N) is 1. The van der Waals surface area contributed by atoms with Crippen molar-refractivity contribution in [2.24, 2.45) is 10.7 Å². The van der Waals surface area contributed by atoms with Gasteiger partial charge >= 0.3 is 0 Å². The molecule has 2 N–H and O–H groups in total. The first-order valence-electron chi connectivity index (χ1n) is 7.42. The zero-order valence-corrected chi connectivity index (χ0v) is 12.8. The van der Waals surface area contributed by atoms with Gasteiger partial charge in [-0.15, -0.1) is 0 Å². The summed E-state index contributed by atoms with van der Waals surface area (Å²) >= 11 is 0. The maximum absolute atomic E-state index is 6.08. The fourth-order valence-corrected chi connectivity index (χ4v) is 2.71. The molecule has 0 amide bonds. The lowest BCUT2D eigenvalue weighted by molar-refractivity contribution is 0.308. The molecule has 1 aliphatic heterocycles. The van der Waals surface area contributed by atoms with Gasteiger partial charge < -0.3 is 15.4 Å². The molecule has 1 aromatic carbocycles. The first-order chi connectivity index (χ1) is 10.1. The van der Waals surface area contributed by atoms with Gasteiger partial charge in [0.05, 0.1) is 5.71 Å². The Hall–Kier alpha value is -2.23. The summed E-state index contributed by atoms with van der Waals surface area (Å²) in [5.41, 5.74) is 10.7. The minimum atomic E-state index is -0.173. The number of hydrogen-bond donors (Lipinski definition) is 1. The number of anilines is 1. The summed E-state index contributed by atoms with van der Waals surface area (Å²) in [6.07, 6.45) is 3.76. The first-order valence-corrected chi connectivity index (χ1v) is 7.42. The molecular weight excluding hydrogens is 262 g/mol. The number of hydrogen-bond acceptors (Lipinski definition) is 4. The lowest BCUT2D eigenvalue weighted by Crippen LogP contribution is -2.31. The summed E-state index contributed by atoms with van der Waals surface area (Å²) in [4.78, 5) is 6.99. The Morgan fingerprint density at radius 1 is 1.29 bits per heavy atom. The van der Waals surface area contributed by atoms with Crippen LogP contribution in [-0.4, -0.2) is 24.9 Å². The van der Waals surface area contributed by atoms with Gasteiger partial charge in [-0.1, -0.05) is 0 Å². The molecule has 0 radical (unpaired) electrons. The highest BCUT2D eigenvalue weighted by Crippen LogP contribution is 2.37. The van der Waals surface area contributed by atoms with Crippen molar-refractivity contribution in [3.05, 3.63) is 41.6 Å². The van der Waals surface area contributed by atoms with E-state index in [1.165, 1.54) is 0 Å². The van der Waals surface area contributed by atoms with Crippen molar-refractivity contribution in [3.63, 3.8) is 0 Å². The summed E-state index contributed by atoms with van der Waals surface area (Å²) in [6.45, 7) is 8.24. The van der Waals surface area contributed by atoms with E-state index in [0.717, 1.165) is 47.2 Å². The highest BCUT2D eigenvalue weighted by Gasteiger charge is 2.25. The van der Waals surface area contributed by atoms with Crippen molar-refractivity contribution in [1.29, 1.82) is 0 Å². The average Bonchev–Trinajstić information content (AvgIpc) is 2.48. The van der Waals surface area contributed by atoms with E-state index in [1.54, 1.807) is 0 Å². The molecule has 21 heavy (non-hydrogen) atoms. The Bertz CT molecular complexity index is 654. The molecule has 2 aliphatic rings. The lowest BCUT2D eigenvalue weighted by atomic mass is 10.00. The van der Waals surface area contributed by atoms with Crippen LogP contribution in [0, 0.1) is 0 Å². The molecule has 0 bridgehead atoms. The minimum Gasteiger partial charge on any atom is -0.478 e. The Labute approximate surface area is 125 Å². The standard InChI is InChI=1S/C17H21N3O/c1-4-20(5-2)12-6-7-14-16(9-12)21-17-10-13(18)11(3)8-15(17)19-14/h6-10,17H,4-5,18H2,1-3H3. The van der Waals surface area contributed by atoms with Gasteiger partial charge in [-0.2, -0.15) is 0 Å². The van der Waals surface area contributed by atoms with Crippen molar-refractivity contribution < 1.29 is 4.74 Å². The largest absolute Gasteiger partial charge is 0.478 e. The van der Waals surface area contributed by atoms with Gasteiger partial charge in [0.25, 0.3) is 0 Å². The van der Waals surface area contributed by atoms with Gasteiger partial charge in [0.15, 0.2) is 6.10 Å². The number of ether oxygens (including phenoxy) is 1. The van der Waals surface area contributed by atoms with Gasteiger partial charge in [0.1, 0.15) is 11.4 Å². The lowest BCUT2D eigenvalue weighted by Gasteiger charge is -2.28. The molecule has 0 spiro atoms. The topological polar surface area (TPSA) is 50.9 Å². The van der Waals surface area contributed by atoms with E-state index >= 15 is 0 Å². The predicted octanol–water partition coefficient (Wildman–Crippen LogP) is 3.17. The molecule has 0 fully saturated rings. The van der Waals surface area contributed by atoms with E-state index < -0.39 is 0 Å². The third-order valence-electron chi connectivity index (χ3n) is 4.02. The molecule has 0 saturated carbocycles. The molecule has 1 unspecified atom stereocenters. The van der Waals surface area contributed by atoms with Crippen LogP contribution in [0.4, 0.5) is 11.4 Å². The Morgan fingerprint density at radius 3 is 2.76 bits per heavy atom. The number of aliphatic imine (C=N–C) groups is 1. The summed E-state index contributed by atoms with van der Waals surface area (Å²) in [7, 11) is 0. The highest BCUT2D eigenvalue weighted by atomic mass is 16.5. The molecular formula is C17H21N3O. The minimum absolute atomic E-state index is 0.173. The first kappa shape index (κ1) is 13.7. The van der Waals surface area contributed by atoms with E-state index in [4.69, 9.17) is 15.5 Å². The van der Waals surface area contributed by atoms with Crippen LogP contribution < -0.4 is 15.4 Å². The van der Waals surface area contributed by atoms with E-state index in [-0.39, 0.29) is 6.10 Å². The second-order valence-electron chi connectivity index (χ2n) is 5.35. The predicted molar refractivity (Wildman–Crippen MR) is 87.5 cm³/mol. The molecule has 3 rings (SSSR count).